The Hall–Kier alpha value is -1.68. The van der Waals surface area contributed by atoms with Crippen molar-refractivity contribution in [3.05, 3.63) is 35.4 Å². The van der Waals surface area contributed by atoms with Crippen molar-refractivity contribution in [2.24, 2.45) is 10.9 Å². The van der Waals surface area contributed by atoms with Crippen molar-refractivity contribution in [1.29, 1.82) is 0 Å². The number of carbonyl (C=O) groups excluding carboxylic acids is 1. The molecular formula is C15H22N2O2. The van der Waals surface area contributed by atoms with Crippen LogP contribution in [0.25, 0.3) is 0 Å². The van der Waals surface area contributed by atoms with E-state index in [9.17, 15) is 4.79 Å². The van der Waals surface area contributed by atoms with Gasteiger partial charge in [-0.15, -0.1) is 0 Å². The van der Waals surface area contributed by atoms with Gasteiger partial charge in [0.15, 0.2) is 0 Å². The molecule has 2 N–H and O–H groups in total. The third kappa shape index (κ3) is 5.22. The van der Waals surface area contributed by atoms with E-state index in [1.54, 1.807) is 0 Å². The number of nitrogens with zero attached hydrogens (tertiary/aromatic N) is 1. The number of carbonyl (C=O) groups is 1. The first-order chi connectivity index (χ1) is 8.90. The number of benzene rings is 1. The number of hydrogen-bond donors (Lipinski definition) is 1. The second-order valence-electron chi connectivity index (χ2n) is 4.95. The molecule has 1 aromatic rings. The summed E-state index contributed by atoms with van der Waals surface area (Å²) in [7, 11) is 0. The molecule has 0 aliphatic rings. The molecule has 0 aliphatic heterocycles. The van der Waals surface area contributed by atoms with E-state index in [2.05, 4.69) is 5.16 Å². The zero-order chi connectivity index (χ0) is 14.4. The summed E-state index contributed by atoms with van der Waals surface area (Å²) >= 11 is 0. The lowest BCUT2D eigenvalue weighted by atomic mass is 10.0. The topological polar surface area (TPSA) is 64.7 Å². The van der Waals surface area contributed by atoms with Crippen molar-refractivity contribution < 1.29 is 9.63 Å². The van der Waals surface area contributed by atoms with E-state index in [0.29, 0.717) is 6.42 Å². The molecule has 4 nitrogen and oxygen atoms in total. The highest BCUT2D eigenvalue weighted by molar-refractivity contribution is 5.98. The molecule has 0 amide bonds. The van der Waals surface area contributed by atoms with E-state index < -0.39 is 6.04 Å². The van der Waals surface area contributed by atoms with Gasteiger partial charge in [0.25, 0.3) is 0 Å². The van der Waals surface area contributed by atoms with E-state index in [0.717, 1.165) is 16.8 Å². The lowest BCUT2D eigenvalue weighted by molar-refractivity contribution is -0.118. The molecule has 0 heterocycles. The van der Waals surface area contributed by atoms with Gasteiger partial charge in [0.2, 0.25) is 0 Å². The molecule has 0 saturated carbocycles. The Morgan fingerprint density at radius 3 is 2.32 bits per heavy atom. The maximum atomic E-state index is 11.1. The average molecular weight is 262 g/mol. The predicted molar refractivity (Wildman–Crippen MR) is 77.2 cm³/mol. The van der Waals surface area contributed by atoms with Gasteiger partial charge >= 0.3 is 0 Å². The normalized spacial score (nSPS) is 13.5. The van der Waals surface area contributed by atoms with Gasteiger partial charge in [-0.05, 0) is 45.2 Å². The lowest BCUT2D eigenvalue weighted by Gasteiger charge is -2.09. The van der Waals surface area contributed by atoms with Gasteiger partial charge in [0, 0.05) is 0 Å². The molecule has 0 fully saturated rings. The SMILES string of the molecule is CC(=O)C(N)Cc1ccc(/C(C)=N\OC(C)C)cc1. The maximum Gasteiger partial charge on any atom is 0.146 e. The summed E-state index contributed by atoms with van der Waals surface area (Å²) in [5, 5.41) is 4.05. The Morgan fingerprint density at radius 1 is 1.26 bits per heavy atom. The van der Waals surface area contributed by atoms with Crippen LogP contribution in [0.3, 0.4) is 0 Å². The van der Waals surface area contributed by atoms with Crippen molar-refractivity contribution in [2.75, 3.05) is 0 Å². The van der Waals surface area contributed by atoms with Gasteiger partial charge in [-0.25, -0.2) is 0 Å². The zero-order valence-electron chi connectivity index (χ0n) is 12.0. The van der Waals surface area contributed by atoms with Crippen LogP contribution in [-0.4, -0.2) is 23.6 Å². The molecule has 1 atom stereocenters. The number of Topliss-reactive ketones (excluding diaryl/α,β-unsaturated/α-hetero) is 1. The first-order valence-corrected chi connectivity index (χ1v) is 6.46. The van der Waals surface area contributed by atoms with Crippen LogP contribution in [0.1, 0.15) is 38.8 Å². The van der Waals surface area contributed by atoms with E-state index in [4.69, 9.17) is 10.6 Å². The number of ketones is 1. The molecule has 1 aromatic carbocycles. The summed E-state index contributed by atoms with van der Waals surface area (Å²) in [6.45, 7) is 7.28. The fourth-order valence-electron chi connectivity index (χ4n) is 1.52. The number of oxime groups is 1. The molecule has 1 unspecified atom stereocenters. The fraction of sp³-hybridized carbons (Fsp3) is 0.467. The molecule has 19 heavy (non-hydrogen) atoms. The van der Waals surface area contributed by atoms with Gasteiger partial charge in [-0.2, -0.15) is 0 Å². The fourth-order valence-corrected chi connectivity index (χ4v) is 1.52. The van der Waals surface area contributed by atoms with Gasteiger partial charge < -0.3 is 10.6 Å². The first kappa shape index (κ1) is 15.4. The molecule has 0 aromatic heterocycles. The molecule has 0 radical (unpaired) electrons. The Bertz CT molecular complexity index is 450. The number of nitrogens with two attached hydrogens (primary N) is 1. The molecule has 0 spiro atoms. The van der Waals surface area contributed by atoms with Crippen LogP contribution >= 0.6 is 0 Å². The predicted octanol–water partition coefficient (Wildman–Crippen LogP) is 2.29. The molecule has 0 aliphatic carbocycles. The number of hydrogen-bond acceptors (Lipinski definition) is 4. The minimum atomic E-state index is -0.426. The van der Waals surface area contributed by atoms with Crippen LogP contribution in [0, 0.1) is 0 Å². The highest BCUT2D eigenvalue weighted by atomic mass is 16.6. The van der Waals surface area contributed by atoms with Crippen LogP contribution in [0.15, 0.2) is 29.4 Å². The zero-order valence-corrected chi connectivity index (χ0v) is 12.0. The van der Waals surface area contributed by atoms with E-state index in [-0.39, 0.29) is 11.9 Å². The second kappa shape index (κ2) is 7.04. The van der Waals surface area contributed by atoms with Crippen LogP contribution in [0.4, 0.5) is 0 Å². The van der Waals surface area contributed by atoms with Crippen molar-refractivity contribution in [1.82, 2.24) is 0 Å². The Balaban J connectivity index is 2.71. The second-order valence-corrected chi connectivity index (χ2v) is 4.95. The summed E-state index contributed by atoms with van der Waals surface area (Å²) in [4.78, 5) is 16.3. The molecule has 0 bridgehead atoms. The van der Waals surface area contributed by atoms with Gasteiger partial charge in [-0.3, -0.25) is 4.79 Å². The van der Waals surface area contributed by atoms with Gasteiger partial charge in [0.1, 0.15) is 11.9 Å². The Kier molecular flexibility index (Phi) is 5.70. The number of rotatable bonds is 6. The summed E-state index contributed by atoms with van der Waals surface area (Å²) in [6.07, 6.45) is 0.636. The molecule has 104 valence electrons. The van der Waals surface area contributed by atoms with Crippen molar-refractivity contribution >= 4 is 11.5 Å². The summed E-state index contributed by atoms with van der Waals surface area (Å²) < 4.78 is 0. The van der Waals surface area contributed by atoms with Crippen molar-refractivity contribution in [3.63, 3.8) is 0 Å². The van der Waals surface area contributed by atoms with Crippen LogP contribution in [0.2, 0.25) is 0 Å². The van der Waals surface area contributed by atoms with Crippen LogP contribution in [0.5, 0.6) is 0 Å². The van der Waals surface area contributed by atoms with Gasteiger partial charge in [0.05, 0.1) is 11.8 Å². The minimum absolute atomic E-state index is 0.00662. The van der Waals surface area contributed by atoms with Gasteiger partial charge in [-0.1, -0.05) is 29.4 Å². The highest BCUT2D eigenvalue weighted by Gasteiger charge is 2.09. The largest absolute Gasteiger partial charge is 0.393 e. The van der Waals surface area contributed by atoms with Crippen LogP contribution in [-0.2, 0) is 16.1 Å². The third-order valence-corrected chi connectivity index (χ3v) is 2.75. The van der Waals surface area contributed by atoms with E-state index in [1.165, 1.54) is 6.92 Å². The monoisotopic (exact) mass is 262 g/mol. The smallest absolute Gasteiger partial charge is 0.146 e. The average Bonchev–Trinajstić information content (AvgIpc) is 2.36. The summed E-state index contributed by atoms with van der Waals surface area (Å²) in [6, 6.07) is 7.43. The third-order valence-electron chi connectivity index (χ3n) is 2.75. The van der Waals surface area contributed by atoms with E-state index in [1.807, 2.05) is 45.0 Å². The summed E-state index contributed by atoms with van der Waals surface area (Å²) in [5.74, 6) is 0.00662. The molecular weight excluding hydrogens is 240 g/mol. The lowest BCUT2D eigenvalue weighted by Crippen LogP contribution is -2.30. The molecule has 1 rings (SSSR count). The Morgan fingerprint density at radius 2 is 1.84 bits per heavy atom. The van der Waals surface area contributed by atoms with Crippen molar-refractivity contribution in [2.45, 2.75) is 46.3 Å². The highest BCUT2D eigenvalue weighted by Crippen LogP contribution is 2.08. The van der Waals surface area contributed by atoms with E-state index >= 15 is 0 Å². The van der Waals surface area contributed by atoms with Crippen LogP contribution < -0.4 is 5.73 Å². The quantitative estimate of drug-likeness (QED) is 0.632. The summed E-state index contributed by atoms with van der Waals surface area (Å²) in [5.41, 5.74) is 8.61. The first-order valence-electron chi connectivity index (χ1n) is 6.46. The molecule has 4 heteroatoms. The molecule has 0 saturated heterocycles. The Labute approximate surface area is 114 Å². The van der Waals surface area contributed by atoms with Crippen molar-refractivity contribution in [3.8, 4) is 0 Å². The standard InChI is InChI=1S/C15H22N2O2/c1-10(2)19-17-11(3)14-7-5-13(6-8-14)9-15(16)12(4)18/h5-8,10,15H,9,16H2,1-4H3/b17-11-. The maximum absolute atomic E-state index is 11.1. The minimum Gasteiger partial charge on any atom is -0.393 e.